The first-order valence-corrected chi connectivity index (χ1v) is 4.06. The molecule has 13 heavy (non-hydrogen) atoms. The number of carbonyl (C=O) groups is 2. The van der Waals surface area contributed by atoms with Crippen molar-refractivity contribution in [2.75, 3.05) is 6.54 Å². The first kappa shape index (κ1) is 11.7. The highest BCUT2D eigenvalue weighted by atomic mass is 16.2. The predicted octanol–water partition coefficient (Wildman–Crippen LogP) is 0.203. The van der Waals surface area contributed by atoms with Crippen molar-refractivity contribution < 1.29 is 9.59 Å². The van der Waals surface area contributed by atoms with Crippen LogP contribution in [0.15, 0.2) is 12.7 Å². The lowest BCUT2D eigenvalue weighted by atomic mass is 10.1. The number of carbonyl (C=O) groups excluding carboxylic acids is 2. The van der Waals surface area contributed by atoms with Crippen molar-refractivity contribution in [3.05, 3.63) is 12.7 Å². The molecule has 0 spiro atoms. The van der Waals surface area contributed by atoms with Crippen LogP contribution < -0.4 is 10.6 Å². The van der Waals surface area contributed by atoms with Gasteiger partial charge in [-0.1, -0.05) is 6.58 Å². The highest BCUT2D eigenvalue weighted by Gasteiger charge is 2.13. The Balaban J connectivity index is 3.77. The molecule has 0 bridgehead atoms. The first-order valence-electron chi connectivity index (χ1n) is 4.06. The molecular formula is C9H16N2O2. The van der Waals surface area contributed by atoms with E-state index in [-0.39, 0.29) is 23.9 Å². The zero-order chi connectivity index (χ0) is 10.5. The van der Waals surface area contributed by atoms with Crippen LogP contribution in [0.1, 0.15) is 20.8 Å². The van der Waals surface area contributed by atoms with Gasteiger partial charge in [-0.15, -0.1) is 0 Å². The van der Waals surface area contributed by atoms with Crippen molar-refractivity contribution in [3.8, 4) is 0 Å². The van der Waals surface area contributed by atoms with Crippen molar-refractivity contribution in [1.29, 1.82) is 0 Å². The number of hydrogen-bond donors (Lipinski definition) is 2. The number of hydrogen-bond acceptors (Lipinski definition) is 2. The standard InChI is InChI=1S/C9H16N2O2/c1-5-7(12)10-6-8(13)11-9(2,3)4/h5H,1,6H2,2-4H3,(H,10,12)(H,11,13). The second kappa shape index (κ2) is 4.64. The highest BCUT2D eigenvalue weighted by Crippen LogP contribution is 1.96. The second-order valence-corrected chi connectivity index (χ2v) is 3.72. The molecule has 0 unspecified atom stereocenters. The third kappa shape index (κ3) is 7.05. The van der Waals surface area contributed by atoms with Crippen molar-refractivity contribution in [2.24, 2.45) is 0 Å². The minimum atomic E-state index is -0.343. The maximum Gasteiger partial charge on any atom is 0.243 e. The van der Waals surface area contributed by atoms with Gasteiger partial charge in [0.2, 0.25) is 11.8 Å². The molecule has 4 heteroatoms. The Morgan fingerprint density at radius 2 is 1.92 bits per heavy atom. The smallest absolute Gasteiger partial charge is 0.243 e. The second-order valence-electron chi connectivity index (χ2n) is 3.72. The fraction of sp³-hybridized carbons (Fsp3) is 0.556. The topological polar surface area (TPSA) is 58.2 Å². The predicted molar refractivity (Wildman–Crippen MR) is 51.1 cm³/mol. The Morgan fingerprint density at radius 3 is 2.31 bits per heavy atom. The summed E-state index contributed by atoms with van der Waals surface area (Å²) in [5.74, 6) is -0.549. The van der Waals surface area contributed by atoms with Gasteiger partial charge in [0.25, 0.3) is 0 Å². The van der Waals surface area contributed by atoms with Crippen LogP contribution in [-0.2, 0) is 9.59 Å². The SMILES string of the molecule is C=CC(=O)NCC(=O)NC(C)(C)C. The van der Waals surface area contributed by atoms with Gasteiger partial charge in [-0.05, 0) is 26.8 Å². The normalized spacial score (nSPS) is 10.4. The van der Waals surface area contributed by atoms with E-state index < -0.39 is 0 Å². The summed E-state index contributed by atoms with van der Waals surface area (Å²) < 4.78 is 0. The van der Waals surface area contributed by atoms with Crippen LogP contribution in [0.2, 0.25) is 0 Å². The molecule has 2 amide bonds. The molecule has 4 nitrogen and oxygen atoms in total. The molecule has 0 fully saturated rings. The zero-order valence-corrected chi connectivity index (χ0v) is 8.31. The van der Waals surface area contributed by atoms with Crippen LogP contribution in [0.5, 0.6) is 0 Å². The van der Waals surface area contributed by atoms with Crippen molar-refractivity contribution >= 4 is 11.8 Å². The van der Waals surface area contributed by atoms with E-state index in [1.165, 1.54) is 0 Å². The Bertz CT molecular complexity index is 216. The van der Waals surface area contributed by atoms with E-state index in [9.17, 15) is 9.59 Å². The Kier molecular flexibility index (Phi) is 4.17. The first-order chi connectivity index (χ1) is 5.85. The summed E-state index contributed by atoms with van der Waals surface area (Å²) in [6.07, 6.45) is 1.13. The van der Waals surface area contributed by atoms with Crippen molar-refractivity contribution in [3.63, 3.8) is 0 Å². The quantitative estimate of drug-likeness (QED) is 0.616. The molecule has 0 aliphatic rings. The molecule has 0 saturated heterocycles. The van der Waals surface area contributed by atoms with E-state index >= 15 is 0 Å². The summed E-state index contributed by atoms with van der Waals surface area (Å²) in [6, 6.07) is 0. The van der Waals surface area contributed by atoms with Gasteiger partial charge in [0.15, 0.2) is 0 Å². The Labute approximate surface area is 78.4 Å². The fourth-order valence-corrected chi connectivity index (χ4v) is 0.702. The van der Waals surface area contributed by atoms with Gasteiger partial charge in [0.1, 0.15) is 0 Å². The summed E-state index contributed by atoms with van der Waals surface area (Å²) >= 11 is 0. The van der Waals surface area contributed by atoms with Crippen LogP contribution in [0, 0.1) is 0 Å². The zero-order valence-electron chi connectivity index (χ0n) is 8.31. The van der Waals surface area contributed by atoms with Gasteiger partial charge in [0, 0.05) is 5.54 Å². The molecule has 0 aromatic heterocycles. The highest BCUT2D eigenvalue weighted by molar-refractivity contribution is 5.90. The van der Waals surface area contributed by atoms with Crippen LogP contribution >= 0.6 is 0 Å². The fourth-order valence-electron chi connectivity index (χ4n) is 0.702. The average molecular weight is 184 g/mol. The molecule has 0 aliphatic carbocycles. The van der Waals surface area contributed by atoms with Crippen LogP contribution in [-0.4, -0.2) is 23.9 Å². The van der Waals surface area contributed by atoms with Crippen LogP contribution in [0.3, 0.4) is 0 Å². The summed E-state index contributed by atoms with van der Waals surface area (Å²) in [7, 11) is 0. The molecule has 74 valence electrons. The van der Waals surface area contributed by atoms with E-state index in [0.29, 0.717) is 0 Å². The summed E-state index contributed by atoms with van der Waals surface area (Å²) in [6.45, 7) is 8.88. The molecule has 0 aromatic rings. The molecule has 0 atom stereocenters. The maximum absolute atomic E-state index is 11.1. The number of rotatable bonds is 3. The lowest BCUT2D eigenvalue weighted by molar-refractivity contribution is -0.124. The Morgan fingerprint density at radius 1 is 1.38 bits per heavy atom. The van der Waals surface area contributed by atoms with Crippen LogP contribution in [0.25, 0.3) is 0 Å². The van der Waals surface area contributed by atoms with Gasteiger partial charge >= 0.3 is 0 Å². The monoisotopic (exact) mass is 184 g/mol. The molecule has 0 heterocycles. The van der Waals surface area contributed by atoms with Crippen molar-refractivity contribution in [2.45, 2.75) is 26.3 Å². The van der Waals surface area contributed by atoms with Gasteiger partial charge in [-0.2, -0.15) is 0 Å². The van der Waals surface area contributed by atoms with E-state index in [1.54, 1.807) is 0 Å². The van der Waals surface area contributed by atoms with Crippen LogP contribution in [0.4, 0.5) is 0 Å². The minimum Gasteiger partial charge on any atom is -0.350 e. The maximum atomic E-state index is 11.1. The van der Waals surface area contributed by atoms with E-state index in [1.807, 2.05) is 20.8 Å². The molecule has 0 aromatic carbocycles. The molecule has 0 rings (SSSR count). The van der Waals surface area contributed by atoms with Crippen molar-refractivity contribution in [1.82, 2.24) is 10.6 Å². The number of amides is 2. The average Bonchev–Trinajstić information content (AvgIpc) is 1.97. The van der Waals surface area contributed by atoms with E-state index in [2.05, 4.69) is 17.2 Å². The molecule has 0 aliphatic heterocycles. The van der Waals surface area contributed by atoms with E-state index in [4.69, 9.17) is 0 Å². The largest absolute Gasteiger partial charge is 0.350 e. The van der Waals surface area contributed by atoms with E-state index in [0.717, 1.165) is 6.08 Å². The summed E-state index contributed by atoms with van der Waals surface area (Å²) in [5, 5.41) is 5.10. The summed E-state index contributed by atoms with van der Waals surface area (Å²) in [5.41, 5.74) is -0.268. The van der Waals surface area contributed by atoms with Gasteiger partial charge in [-0.25, -0.2) is 0 Å². The Hall–Kier alpha value is -1.32. The lowest BCUT2D eigenvalue weighted by Crippen LogP contribution is -2.45. The number of nitrogens with one attached hydrogen (secondary N) is 2. The summed E-state index contributed by atoms with van der Waals surface area (Å²) in [4.78, 5) is 21.8. The van der Waals surface area contributed by atoms with Gasteiger partial charge < -0.3 is 10.6 Å². The van der Waals surface area contributed by atoms with Gasteiger partial charge in [0.05, 0.1) is 6.54 Å². The third-order valence-corrected chi connectivity index (χ3v) is 1.12. The molecule has 0 radical (unpaired) electrons. The third-order valence-electron chi connectivity index (χ3n) is 1.12. The molecule has 0 saturated carbocycles. The molecule has 2 N–H and O–H groups in total. The lowest BCUT2D eigenvalue weighted by Gasteiger charge is -2.20. The minimum absolute atomic E-state index is 0.0118. The molecular weight excluding hydrogens is 168 g/mol. The van der Waals surface area contributed by atoms with Gasteiger partial charge in [-0.3, -0.25) is 9.59 Å².